The Morgan fingerprint density at radius 2 is 1.91 bits per heavy atom. The summed E-state index contributed by atoms with van der Waals surface area (Å²) < 4.78 is 5.65. The van der Waals surface area contributed by atoms with Crippen LogP contribution in [0.25, 0.3) is 0 Å². The van der Waals surface area contributed by atoms with Gasteiger partial charge < -0.3 is 15.4 Å². The van der Waals surface area contributed by atoms with Gasteiger partial charge in [-0.2, -0.15) is 0 Å². The molecule has 0 atom stereocenters. The normalized spacial score (nSPS) is 10.2. The van der Waals surface area contributed by atoms with Crippen LogP contribution in [0.2, 0.25) is 0 Å². The summed E-state index contributed by atoms with van der Waals surface area (Å²) in [5.41, 5.74) is 4.31. The maximum absolute atomic E-state index is 11.9. The third kappa shape index (κ3) is 5.02. The van der Waals surface area contributed by atoms with Crippen molar-refractivity contribution in [2.75, 3.05) is 18.5 Å². The molecule has 2 aromatic carbocycles. The fourth-order valence-electron chi connectivity index (χ4n) is 2.24. The van der Waals surface area contributed by atoms with Crippen molar-refractivity contribution >= 4 is 11.7 Å². The number of carbonyl (C=O) groups is 1. The van der Waals surface area contributed by atoms with Gasteiger partial charge >= 0.3 is 6.03 Å². The van der Waals surface area contributed by atoms with Crippen LogP contribution in [0.3, 0.4) is 0 Å². The maximum Gasteiger partial charge on any atom is 0.319 e. The van der Waals surface area contributed by atoms with Crippen LogP contribution in [0.15, 0.2) is 42.5 Å². The van der Waals surface area contributed by atoms with Gasteiger partial charge in [-0.3, -0.25) is 0 Å². The van der Waals surface area contributed by atoms with E-state index < -0.39 is 0 Å². The van der Waals surface area contributed by atoms with Gasteiger partial charge in [-0.25, -0.2) is 4.79 Å². The van der Waals surface area contributed by atoms with Gasteiger partial charge in [-0.1, -0.05) is 31.2 Å². The molecular weight excluding hydrogens is 288 g/mol. The van der Waals surface area contributed by atoms with E-state index >= 15 is 0 Å². The molecule has 0 saturated carbocycles. The van der Waals surface area contributed by atoms with Crippen molar-refractivity contribution in [2.24, 2.45) is 0 Å². The lowest BCUT2D eigenvalue weighted by molar-refractivity contribution is 0.247. The Balaban J connectivity index is 1.75. The van der Waals surface area contributed by atoms with Crippen molar-refractivity contribution in [2.45, 2.75) is 27.2 Å². The van der Waals surface area contributed by atoms with Gasteiger partial charge in [0.25, 0.3) is 0 Å². The zero-order valence-electron chi connectivity index (χ0n) is 14.0. The lowest BCUT2D eigenvalue weighted by Gasteiger charge is -2.12. The molecule has 2 amide bonds. The molecule has 0 unspecified atom stereocenters. The quantitative estimate of drug-likeness (QED) is 0.790. The van der Waals surface area contributed by atoms with E-state index in [1.54, 1.807) is 0 Å². The smallest absolute Gasteiger partial charge is 0.319 e. The zero-order chi connectivity index (χ0) is 16.7. The molecule has 0 saturated heterocycles. The zero-order valence-corrected chi connectivity index (χ0v) is 14.0. The van der Waals surface area contributed by atoms with E-state index in [9.17, 15) is 4.79 Å². The van der Waals surface area contributed by atoms with Crippen molar-refractivity contribution in [3.63, 3.8) is 0 Å². The molecule has 2 aromatic rings. The molecule has 0 aliphatic carbocycles. The molecule has 0 heterocycles. The number of hydrogen-bond acceptors (Lipinski definition) is 2. The van der Waals surface area contributed by atoms with Crippen LogP contribution in [-0.2, 0) is 6.42 Å². The average molecular weight is 312 g/mol. The lowest BCUT2D eigenvalue weighted by Crippen LogP contribution is -2.32. The number of amides is 2. The first kappa shape index (κ1) is 16.9. The third-order valence-corrected chi connectivity index (χ3v) is 3.82. The number of benzene rings is 2. The second kappa shape index (κ2) is 8.22. The molecule has 122 valence electrons. The van der Waals surface area contributed by atoms with Crippen molar-refractivity contribution in [1.82, 2.24) is 5.32 Å². The Labute approximate surface area is 137 Å². The monoisotopic (exact) mass is 312 g/mol. The van der Waals surface area contributed by atoms with Crippen LogP contribution in [0.4, 0.5) is 10.5 Å². The number of aryl methyl sites for hydroxylation is 2. The minimum atomic E-state index is -0.218. The topological polar surface area (TPSA) is 50.4 Å². The Kier molecular flexibility index (Phi) is 6.03. The predicted molar refractivity (Wildman–Crippen MR) is 94.3 cm³/mol. The standard InChI is InChI=1S/C19H24N2O2/c1-4-16-8-6-9-17(13-16)23-12-11-20-19(22)21-18-10-5-7-14(2)15(18)3/h5-10,13H,4,11-12H2,1-3H3,(H2,20,21,22). The molecule has 0 fully saturated rings. The summed E-state index contributed by atoms with van der Waals surface area (Å²) in [6.45, 7) is 7.02. The molecule has 0 aliphatic heterocycles. The molecule has 0 aliphatic rings. The van der Waals surface area contributed by atoms with E-state index in [2.05, 4.69) is 23.6 Å². The fraction of sp³-hybridized carbons (Fsp3) is 0.316. The summed E-state index contributed by atoms with van der Waals surface area (Å²) in [6, 6.07) is 13.6. The highest BCUT2D eigenvalue weighted by Crippen LogP contribution is 2.17. The van der Waals surface area contributed by atoms with E-state index in [-0.39, 0.29) is 6.03 Å². The molecule has 0 spiro atoms. The van der Waals surface area contributed by atoms with Gasteiger partial charge in [0.15, 0.2) is 0 Å². The van der Waals surface area contributed by atoms with Crippen molar-refractivity contribution in [3.05, 3.63) is 59.2 Å². The first-order chi connectivity index (χ1) is 11.1. The number of urea groups is 1. The fourth-order valence-corrected chi connectivity index (χ4v) is 2.24. The summed E-state index contributed by atoms with van der Waals surface area (Å²) in [4.78, 5) is 11.9. The number of anilines is 1. The molecule has 0 aromatic heterocycles. The van der Waals surface area contributed by atoms with Gasteiger partial charge in [0, 0.05) is 5.69 Å². The Morgan fingerprint density at radius 1 is 1.13 bits per heavy atom. The first-order valence-corrected chi connectivity index (χ1v) is 7.93. The highest BCUT2D eigenvalue weighted by Gasteiger charge is 2.05. The van der Waals surface area contributed by atoms with Gasteiger partial charge in [-0.05, 0) is 55.2 Å². The Morgan fingerprint density at radius 3 is 2.70 bits per heavy atom. The molecule has 2 rings (SSSR count). The Hall–Kier alpha value is -2.49. The highest BCUT2D eigenvalue weighted by atomic mass is 16.5. The molecule has 0 radical (unpaired) electrons. The Bertz CT molecular complexity index is 668. The molecular formula is C19H24N2O2. The lowest BCUT2D eigenvalue weighted by atomic mass is 10.1. The van der Waals surface area contributed by atoms with Crippen molar-refractivity contribution in [3.8, 4) is 5.75 Å². The van der Waals surface area contributed by atoms with Gasteiger partial charge in [0.05, 0.1) is 6.54 Å². The first-order valence-electron chi connectivity index (χ1n) is 7.93. The largest absolute Gasteiger partial charge is 0.492 e. The van der Waals surface area contributed by atoms with Crippen molar-refractivity contribution < 1.29 is 9.53 Å². The van der Waals surface area contributed by atoms with Crippen LogP contribution in [-0.4, -0.2) is 19.2 Å². The van der Waals surface area contributed by atoms with Crippen LogP contribution in [0.5, 0.6) is 5.75 Å². The van der Waals surface area contributed by atoms with Gasteiger partial charge in [-0.15, -0.1) is 0 Å². The van der Waals surface area contributed by atoms with Crippen molar-refractivity contribution in [1.29, 1.82) is 0 Å². The van der Waals surface area contributed by atoms with Crippen LogP contribution in [0, 0.1) is 13.8 Å². The summed E-state index contributed by atoms with van der Waals surface area (Å²) in [7, 11) is 0. The van der Waals surface area contributed by atoms with E-state index in [0.29, 0.717) is 13.2 Å². The predicted octanol–water partition coefficient (Wildman–Crippen LogP) is 4.07. The van der Waals surface area contributed by atoms with Crippen LogP contribution in [0.1, 0.15) is 23.6 Å². The van der Waals surface area contributed by atoms with E-state index in [1.807, 2.05) is 50.2 Å². The summed E-state index contributed by atoms with van der Waals surface area (Å²) in [6.07, 6.45) is 0.980. The van der Waals surface area contributed by atoms with Crippen LogP contribution >= 0.6 is 0 Å². The average Bonchev–Trinajstić information content (AvgIpc) is 2.56. The summed E-state index contributed by atoms with van der Waals surface area (Å²) in [5.74, 6) is 0.834. The SMILES string of the molecule is CCc1cccc(OCCNC(=O)Nc2cccc(C)c2C)c1. The molecule has 2 N–H and O–H groups in total. The number of ether oxygens (including phenoxy) is 1. The summed E-state index contributed by atoms with van der Waals surface area (Å²) in [5, 5.41) is 5.66. The van der Waals surface area contributed by atoms with Gasteiger partial charge in [0.2, 0.25) is 0 Å². The second-order valence-corrected chi connectivity index (χ2v) is 5.48. The summed E-state index contributed by atoms with van der Waals surface area (Å²) >= 11 is 0. The second-order valence-electron chi connectivity index (χ2n) is 5.48. The van der Waals surface area contributed by atoms with Gasteiger partial charge in [0.1, 0.15) is 12.4 Å². The number of hydrogen-bond donors (Lipinski definition) is 2. The number of rotatable bonds is 6. The maximum atomic E-state index is 11.9. The van der Waals surface area contributed by atoms with E-state index in [1.165, 1.54) is 5.56 Å². The molecule has 23 heavy (non-hydrogen) atoms. The number of carbonyl (C=O) groups excluding carboxylic acids is 1. The number of nitrogens with one attached hydrogen (secondary N) is 2. The third-order valence-electron chi connectivity index (χ3n) is 3.82. The minimum Gasteiger partial charge on any atom is -0.492 e. The molecule has 4 heteroatoms. The van der Waals surface area contributed by atoms with E-state index in [0.717, 1.165) is 29.0 Å². The minimum absolute atomic E-state index is 0.218. The highest BCUT2D eigenvalue weighted by molar-refractivity contribution is 5.90. The van der Waals surface area contributed by atoms with Crippen LogP contribution < -0.4 is 15.4 Å². The van der Waals surface area contributed by atoms with E-state index in [4.69, 9.17) is 4.74 Å². The molecule has 0 bridgehead atoms. The molecule has 4 nitrogen and oxygen atoms in total.